The van der Waals surface area contributed by atoms with Crippen LogP contribution in [-0.2, 0) is 6.54 Å². The van der Waals surface area contributed by atoms with E-state index >= 15 is 0 Å². The summed E-state index contributed by atoms with van der Waals surface area (Å²) in [5, 5.41) is 41.4. The van der Waals surface area contributed by atoms with Gasteiger partial charge in [-0.3, -0.25) is 9.36 Å². The highest BCUT2D eigenvalue weighted by atomic mass is 19.1. The molecule has 0 spiro atoms. The van der Waals surface area contributed by atoms with Crippen molar-refractivity contribution in [1.82, 2.24) is 29.5 Å². The molecule has 0 saturated heterocycles. The van der Waals surface area contributed by atoms with E-state index in [9.17, 15) is 9.50 Å². The minimum absolute atomic E-state index is 0.0847. The Morgan fingerprint density at radius 2 is 2.08 bits per heavy atom. The Hall–Kier alpha value is -4.08. The van der Waals surface area contributed by atoms with Gasteiger partial charge in [0.2, 0.25) is 5.82 Å². The number of nitriles is 1. The lowest BCUT2D eigenvalue weighted by atomic mass is 9.93. The fraction of sp³-hybridized carbons (Fsp3) is 0.423. The lowest BCUT2D eigenvalue weighted by Gasteiger charge is -2.29. The van der Waals surface area contributed by atoms with Gasteiger partial charge in [-0.25, -0.2) is 9.97 Å². The van der Waals surface area contributed by atoms with Crippen LogP contribution in [0.5, 0.6) is 5.88 Å². The zero-order valence-corrected chi connectivity index (χ0v) is 21.0. The van der Waals surface area contributed by atoms with Crippen LogP contribution in [0.2, 0.25) is 0 Å². The fourth-order valence-electron chi connectivity index (χ4n) is 4.82. The molecule has 12 heteroatoms. The average molecular weight is 521 g/mol. The van der Waals surface area contributed by atoms with Gasteiger partial charge in [-0.05, 0) is 38.7 Å². The Bertz CT molecular complexity index is 1450. The van der Waals surface area contributed by atoms with Crippen molar-refractivity contribution in [2.24, 2.45) is 0 Å². The Morgan fingerprint density at radius 1 is 1.26 bits per heavy atom. The molecule has 0 aromatic carbocycles. The van der Waals surface area contributed by atoms with Crippen molar-refractivity contribution in [3.63, 3.8) is 0 Å². The number of hydrogen-bond donors (Lipinski definition) is 3. The summed E-state index contributed by atoms with van der Waals surface area (Å²) >= 11 is 0. The molecule has 11 nitrogen and oxygen atoms in total. The number of anilines is 1. The molecule has 1 saturated carbocycles. The van der Waals surface area contributed by atoms with Gasteiger partial charge in [-0.1, -0.05) is 0 Å². The zero-order chi connectivity index (χ0) is 26.6. The normalized spacial score (nSPS) is 18.3. The van der Waals surface area contributed by atoms with Crippen molar-refractivity contribution in [3.8, 4) is 23.2 Å². The van der Waals surface area contributed by atoms with Crippen LogP contribution in [0.4, 0.5) is 10.2 Å². The summed E-state index contributed by atoms with van der Waals surface area (Å²) in [4.78, 5) is 8.51. The number of nitrogens with one attached hydrogen (secondary N) is 1. The van der Waals surface area contributed by atoms with E-state index in [2.05, 4.69) is 20.4 Å². The van der Waals surface area contributed by atoms with Gasteiger partial charge in [0.25, 0.3) is 5.88 Å². The third-order valence-electron chi connectivity index (χ3n) is 6.71. The number of aromatic nitrogens is 6. The van der Waals surface area contributed by atoms with E-state index in [0.29, 0.717) is 12.8 Å². The van der Waals surface area contributed by atoms with Crippen molar-refractivity contribution in [2.75, 3.05) is 18.5 Å². The number of fused-ring (bicyclic) bond motifs is 1. The Labute approximate surface area is 218 Å². The van der Waals surface area contributed by atoms with Crippen LogP contribution < -0.4 is 10.1 Å². The lowest BCUT2D eigenvalue weighted by molar-refractivity contribution is 0.0783. The quantitative estimate of drug-likeness (QED) is 0.303. The fourth-order valence-corrected chi connectivity index (χ4v) is 4.82. The SMILES string of the molecule is CCNc1cc2c(cn1)c(-c1cnn(CC(O)CO)c1)nn2C1CCC(Oc2nccc(C#N)c2F)CC1. The average Bonchev–Trinajstić information content (AvgIpc) is 3.55. The predicted octanol–water partition coefficient (Wildman–Crippen LogP) is 3.05. The van der Waals surface area contributed by atoms with E-state index in [1.54, 1.807) is 23.3 Å². The Balaban J connectivity index is 1.39. The third-order valence-corrected chi connectivity index (χ3v) is 6.71. The van der Waals surface area contributed by atoms with Crippen LogP contribution in [0.25, 0.3) is 22.2 Å². The van der Waals surface area contributed by atoms with Crippen molar-refractivity contribution < 1.29 is 19.3 Å². The maximum atomic E-state index is 14.4. The summed E-state index contributed by atoms with van der Waals surface area (Å²) in [6.45, 7) is 2.58. The number of pyridine rings is 2. The first-order chi connectivity index (χ1) is 18.5. The molecule has 0 amide bonds. The van der Waals surface area contributed by atoms with E-state index in [1.165, 1.54) is 12.3 Å². The molecule has 1 fully saturated rings. The summed E-state index contributed by atoms with van der Waals surface area (Å²) < 4.78 is 23.9. The van der Waals surface area contributed by atoms with Gasteiger partial charge in [0.05, 0.1) is 42.6 Å². The largest absolute Gasteiger partial charge is 0.472 e. The highest BCUT2D eigenvalue weighted by Gasteiger charge is 2.28. The summed E-state index contributed by atoms with van der Waals surface area (Å²) in [6.07, 6.45) is 8.45. The molecule has 4 aromatic heterocycles. The molecular weight excluding hydrogens is 491 g/mol. The molecule has 1 aliphatic rings. The van der Waals surface area contributed by atoms with Gasteiger partial charge in [-0.15, -0.1) is 0 Å². The van der Waals surface area contributed by atoms with Gasteiger partial charge in [0, 0.05) is 42.2 Å². The molecule has 1 aliphatic carbocycles. The van der Waals surface area contributed by atoms with Crippen LogP contribution in [0, 0.1) is 17.1 Å². The van der Waals surface area contributed by atoms with Crippen molar-refractivity contribution in [2.45, 2.75) is 57.4 Å². The second-order valence-corrected chi connectivity index (χ2v) is 9.34. The molecule has 5 rings (SSSR count). The van der Waals surface area contributed by atoms with Crippen molar-refractivity contribution >= 4 is 16.7 Å². The predicted molar refractivity (Wildman–Crippen MR) is 137 cm³/mol. The highest BCUT2D eigenvalue weighted by Crippen LogP contribution is 2.36. The number of ether oxygens (including phenoxy) is 1. The monoisotopic (exact) mass is 520 g/mol. The molecule has 1 unspecified atom stereocenters. The molecule has 0 radical (unpaired) electrons. The number of aliphatic hydroxyl groups is 2. The van der Waals surface area contributed by atoms with E-state index in [-0.39, 0.29) is 36.7 Å². The van der Waals surface area contributed by atoms with Gasteiger partial charge < -0.3 is 20.3 Å². The molecule has 0 bridgehead atoms. The summed E-state index contributed by atoms with van der Waals surface area (Å²) in [5.74, 6) is -0.107. The molecule has 0 aliphatic heterocycles. The minimum atomic E-state index is -0.898. The van der Waals surface area contributed by atoms with Crippen LogP contribution in [0.1, 0.15) is 44.2 Å². The number of aliphatic hydroxyl groups excluding tert-OH is 2. The van der Waals surface area contributed by atoms with Crippen LogP contribution >= 0.6 is 0 Å². The van der Waals surface area contributed by atoms with Gasteiger partial charge in [0.15, 0.2) is 0 Å². The third kappa shape index (κ3) is 5.16. The first kappa shape index (κ1) is 25.6. The smallest absolute Gasteiger partial charge is 0.252 e. The molecule has 198 valence electrons. The van der Waals surface area contributed by atoms with Crippen molar-refractivity contribution in [3.05, 3.63) is 48.3 Å². The zero-order valence-electron chi connectivity index (χ0n) is 21.0. The highest BCUT2D eigenvalue weighted by molar-refractivity contribution is 5.93. The second kappa shape index (κ2) is 11.1. The van der Waals surface area contributed by atoms with Gasteiger partial charge >= 0.3 is 0 Å². The summed E-state index contributed by atoms with van der Waals surface area (Å²) in [6, 6.07) is 5.23. The molecule has 4 heterocycles. The van der Waals surface area contributed by atoms with Gasteiger partial charge in [-0.2, -0.15) is 19.8 Å². The van der Waals surface area contributed by atoms with Gasteiger partial charge in [0.1, 0.15) is 23.7 Å². The van der Waals surface area contributed by atoms with E-state index < -0.39 is 11.9 Å². The van der Waals surface area contributed by atoms with E-state index in [1.807, 2.05) is 23.7 Å². The Morgan fingerprint density at radius 3 is 2.82 bits per heavy atom. The Kier molecular flexibility index (Phi) is 7.48. The van der Waals surface area contributed by atoms with Crippen molar-refractivity contribution in [1.29, 1.82) is 5.26 Å². The molecule has 4 aromatic rings. The lowest BCUT2D eigenvalue weighted by Crippen LogP contribution is -2.27. The molecule has 38 heavy (non-hydrogen) atoms. The molecule has 1 atom stereocenters. The second-order valence-electron chi connectivity index (χ2n) is 9.34. The van der Waals surface area contributed by atoms with Crippen LogP contribution in [-0.4, -0.2) is 65.1 Å². The number of rotatable bonds is 9. The first-order valence-corrected chi connectivity index (χ1v) is 12.7. The molecular formula is C26H29FN8O3. The van der Waals surface area contributed by atoms with Crippen LogP contribution in [0.3, 0.4) is 0 Å². The van der Waals surface area contributed by atoms with Crippen LogP contribution in [0.15, 0.2) is 36.9 Å². The maximum absolute atomic E-state index is 14.4. The molecule has 3 N–H and O–H groups in total. The van der Waals surface area contributed by atoms with E-state index in [4.69, 9.17) is 20.2 Å². The number of halogens is 1. The standard InChI is InChI=1S/C26H29FN8O3/c1-2-29-23-9-22-21(12-31-23)25(17-11-32-34(13-17)14-19(37)15-36)33-35(22)18-3-5-20(6-4-18)38-26-24(27)16(10-28)7-8-30-26/h7-9,11-13,18-20,36-37H,2-6,14-15H2,1H3,(H,29,31). The maximum Gasteiger partial charge on any atom is 0.252 e. The topological polar surface area (TPSA) is 147 Å². The number of nitrogens with zero attached hydrogens (tertiary/aromatic N) is 7. The number of hydrogen-bond acceptors (Lipinski definition) is 9. The first-order valence-electron chi connectivity index (χ1n) is 12.7. The minimum Gasteiger partial charge on any atom is -0.472 e. The van der Waals surface area contributed by atoms with E-state index in [0.717, 1.165) is 47.4 Å². The summed E-state index contributed by atoms with van der Waals surface area (Å²) in [7, 11) is 0. The summed E-state index contributed by atoms with van der Waals surface area (Å²) in [5.41, 5.74) is 2.37.